The SMILES string of the molecule is O=C(Nc1cc(F)c(Oc2ccc3ncc(N4CCCC4)nc3c2)c(F)c1)Nc1ccc(Cl)c(C(F)(F)F)c1. The van der Waals surface area contributed by atoms with E-state index in [1.165, 1.54) is 12.1 Å². The number of nitrogens with zero attached hydrogens (tertiary/aromatic N) is 3. The molecule has 2 heterocycles. The summed E-state index contributed by atoms with van der Waals surface area (Å²) >= 11 is 5.57. The molecule has 202 valence electrons. The van der Waals surface area contributed by atoms with Gasteiger partial charge in [0, 0.05) is 42.7 Å². The summed E-state index contributed by atoms with van der Waals surface area (Å²) in [4.78, 5) is 23.3. The molecule has 1 fully saturated rings. The van der Waals surface area contributed by atoms with E-state index < -0.39 is 40.2 Å². The third-order valence-corrected chi connectivity index (χ3v) is 6.27. The minimum atomic E-state index is -4.73. The number of nitrogens with one attached hydrogen (secondary N) is 2. The fourth-order valence-electron chi connectivity index (χ4n) is 4.10. The highest BCUT2D eigenvalue weighted by molar-refractivity contribution is 6.31. The van der Waals surface area contributed by atoms with Crippen molar-refractivity contribution in [3.63, 3.8) is 0 Å². The van der Waals surface area contributed by atoms with Crippen molar-refractivity contribution >= 4 is 45.9 Å². The lowest BCUT2D eigenvalue weighted by Crippen LogP contribution is -2.20. The van der Waals surface area contributed by atoms with E-state index >= 15 is 0 Å². The quantitative estimate of drug-likeness (QED) is 0.244. The van der Waals surface area contributed by atoms with Crippen molar-refractivity contribution < 1.29 is 31.5 Å². The van der Waals surface area contributed by atoms with Gasteiger partial charge in [0.25, 0.3) is 0 Å². The number of fused-ring (bicyclic) bond motifs is 1. The molecule has 39 heavy (non-hydrogen) atoms. The summed E-state index contributed by atoms with van der Waals surface area (Å²) in [6.45, 7) is 1.75. The lowest BCUT2D eigenvalue weighted by Gasteiger charge is -2.16. The van der Waals surface area contributed by atoms with Crippen LogP contribution < -0.4 is 20.3 Å². The number of amides is 2. The third kappa shape index (κ3) is 5.95. The van der Waals surface area contributed by atoms with Crippen LogP contribution in [0.5, 0.6) is 11.5 Å². The van der Waals surface area contributed by atoms with Crippen molar-refractivity contribution in [2.24, 2.45) is 0 Å². The van der Waals surface area contributed by atoms with E-state index in [4.69, 9.17) is 16.3 Å². The summed E-state index contributed by atoms with van der Waals surface area (Å²) in [5, 5.41) is 3.79. The van der Waals surface area contributed by atoms with Gasteiger partial charge in [-0.15, -0.1) is 0 Å². The molecule has 0 bridgehead atoms. The largest absolute Gasteiger partial charge is 0.451 e. The van der Waals surface area contributed by atoms with Crippen molar-refractivity contribution in [1.82, 2.24) is 9.97 Å². The Balaban J connectivity index is 1.30. The maximum atomic E-state index is 14.8. The van der Waals surface area contributed by atoms with Crippen LogP contribution in [0.4, 0.5) is 43.9 Å². The van der Waals surface area contributed by atoms with Gasteiger partial charge in [0.2, 0.25) is 0 Å². The first-order valence-electron chi connectivity index (χ1n) is 11.7. The van der Waals surface area contributed by atoms with Gasteiger partial charge in [0.1, 0.15) is 11.6 Å². The second-order valence-electron chi connectivity index (χ2n) is 8.72. The van der Waals surface area contributed by atoms with Crippen LogP contribution in [0, 0.1) is 11.6 Å². The van der Waals surface area contributed by atoms with Crippen molar-refractivity contribution in [2.75, 3.05) is 28.6 Å². The van der Waals surface area contributed by atoms with Crippen molar-refractivity contribution in [3.8, 4) is 11.5 Å². The summed E-state index contributed by atoms with van der Waals surface area (Å²) in [7, 11) is 0. The third-order valence-electron chi connectivity index (χ3n) is 5.94. The van der Waals surface area contributed by atoms with Crippen LogP contribution in [0.1, 0.15) is 18.4 Å². The molecule has 0 atom stereocenters. The van der Waals surface area contributed by atoms with Gasteiger partial charge in [-0.05, 0) is 43.2 Å². The first kappa shape index (κ1) is 26.4. The molecule has 5 rings (SSSR count). The van der Waals surface area contributed by atoms with Crippen LogP contribution in [-0.2, 0) is 6.18 Å². The summed E-state index contributed by atoms with van der Waals surface area (Å²) in [6.07, 6.45) is -0.930. The van der Waals surface area contributed by atoms with E-state index in [0.717, 1.165) is 50.2 Å². The van der Waals surface area contributed by atoms with Crippen LogP contribution in [-0.4, -0.2) is 29.1 Å². The van der Waals surface area contributed by atoms with E-state index in [9.17, 15) is 26.7 Å². The van der Waals surface area contributed by atoms with E-state index in [0.29, 0.717) is 22.9 Å². The number of hydrogen-bond acceptors (Lipinski definition) is 5. The average Bonchev–Trinajstić information content (AvgIpc) is 3.41. The standard InChI is InChI=1S/C26H19ClF5N5O2/c27-18-5-3-14(9-17(18)26(30,31)32)34-25(38)35-15-10-19(28)24(20(29)11-15)39-16-4-6-21-22(12-16)36-23(13-33-21)37-7-1-2-8-37/h3-6,9-13H,1-2,7-8H2,(H2,34,35,38). The fraction of sp³-hybridized carbons (Fsp3) is 0.192. The second-order valence-corrected chi connectivity index (χ2v) is 9.12. The van der Waals surface area contributed by atoms with Crippen LogP contribution in [0.3, 0.4) is 0 Å². The van der Waals surface area contributed by atoms with E-state index in [-0.39, 0.29) is 17.1 Å². The number of alkyl halides is 3. The normalized spacial score (nSPS) is 13.5. The van der Waals surface area contributed by atoms with Gasteiger partial charge in [-0.25, -0.2) is 18.6 Å². The highest BCUT2D eigenvalue weighted by Crippen LogP contribution is 2.36. The Bertz CT molecular complexity index is 1540. The maximum absolute atomic E-state index is 14.8. The topological polar surface area (TPSA) is 79.4 Å². The number of carbonyl (C=O) groups is 1. The molecule has 3 aromatic carbocycles. The molecule has 4 aromatic rings. The average molecular weight is 564 g/mol. The Kier molecular flexibility index (Phi) is 7.13. The summed E-state index contributed by atoms with van der Waals surface area (Å²) < 4.78 is 74.1. The molecule has 0 saturated carbocycles. The van der Waals surface area contributed by atoms with Gasteiger partial charge in [-0.1, -0.05) is 11.6 Å². The number of anilines is 3. The lowest BCUT2D eigenvalue weighted by molar-refractivity contribution is -0.137. The highest BCUT2D eigenvalue weighted by Gasteiger charge is 2.33. The Morgan fingerprint density at radius 3 is 2.31 bits per heavy atom. The second kappa shape index (κ2) is 10.5. The molecular formula is C26H19ClF5N5O2. The number of ether oxygens (including phenoxy) is 1. The minimum absolute atomic E-state index is 0.120. The fourth-order valence-corrected chi connectivity index (χ4v) is 4.33. The zero-order chi connectivity index (χ0) is 27.7. The Hall–Kier alpha value is -4.19. The van der Waals surface area contributed by atoms with Gasteiger partial charge in [0.05, 0.1) is 27.8 Å². The van der Waals surface area contributed by atoms with E-state index in [1.54, 1.807) is 12.3 Å². The molecule has 1 saturated heterocycles. The van der Waals surface area contributed by atoms with E-state index in [1.807, 2.05) is 0 Å². The number of urea groups is 1. The van der Waals surface area contributed by atoms with Gasteiger partial charge in [-0.3, -0.25) is 4.98 Å². The molecule has 0 spiro atoms. The zero-order valence-electron chi connectivity index (χ0n) is 20.0. The molecule has 0 aliphatic carbocycles. The molecule has 1 aromatic heterocycles. The molecule has 2 amide bonds. The summed E-state index contributed by atoms with van der Waals surface area (Å²) in [6, 6.07) is 7.98. The van der Waals surface area contributed by atoms with Crippen LogP contribution >= 0.6 is 11.6 Å². The lowest BCUT2D eigenvalue weighted by atomic mass is 10.2. The number of hydrogen-bond donors (Lipinski definition) is 2. The summed E-state index contributed by atoms with van der Waals surface area (Å²) in [5.41, 5.74) is -0.590. The molecule has 1 aliphatic heterocycles. The van der Waals surface area contributed by atoms with Gasteiger partial charge < -0.3 is 20.3 Å². The predicted octanol–water partition coefficient (Wildman–Crippen LogP) is 7.62. The Morgan fingerprint density at radius 2 is 1.62 bits per heavy atom. The zero-order valence-corrected chi connectivity index (χ0v) is 20.7. The van der Waals surface area contributed by atoms with Gasteiger partial charge in [0.15, 0.2) is 17.4 Å². The molecule has 7 nitrogen and oxygen atoms in total. The van der Waals surface area contributed by atoms with Crippen LogP contribution in [0.2, 0.25) is 5.02 Å². The summed E-state index contributed by atoms with van der Waals surface area (Å²) in [5.74, 6) is -2.12. The number of carbonyl (C=O) groups excluding carboxylic acids is 1. The monoisotopic (exact) mass is 563 g/mol. The molecule has 0 radical (unpaired) electrons. The van der Waals surface area contributed by atoms with Gasteiger partial charge in [-0.2, -0.15) is 13.2 Å². The number of halogens is 6. The smallest absolute Gasteiger partial charge is 0.417 e. The molecule has 13 heteroatoms. The number of rotatable bonds is 5. The van der Waals surface area contributed by atoms with Crippen LogP contribution in [0.25, 0.3) is 11.0 Å². The first-order chi connectivity index (χ1) is 18.6. The number of aromatic nitrogens is 2. The minimum Gasteiger partial charge on any atom is -0.451 e. The van der Waals surface area contributed by atoms with Crippen molar-refractivity contribution in [1.29, 1.82) is 0 Å². The molecule has 0 unspecified atom stereocenters. The maximum Gasteiger partial charge on any atom is 0.417 e. The van der Waals surface area contributed by atoms with Gasteiger partial charge >= 0.3 is 12.2 Å². The molecular weight excluding hydrogens is 545 g/mol. The number of benzene rings is 3. The van der Waals surface area contributed by atoms with Crippen LogP contribution in [0.15, 0.2) is 54.7 Å². The van der Waals surface area contributed by atoms with E-state index in [2.05, 4.69) is 25.5 Å². The predicted molar refractivity (Wildman–Crippen MR) is 137 cm³/mol. The molecule has 2 N–H and O–H groups in total. The first-order valence-corrected chi connectivity index (χ1v) is 12.1. The van der Waals surface area contributed by atoms with Crippen molar-refractivity contribution in [2.45, 2.75) is 19.0 Å². The Morgan fingerprint density at radius 1 is 0.923 bits per heavy atom. The molecule has 1 aliphatic rings. The Labute approximate surface area is 223 Å². The van der Waals surface area contributed by atoms with Crippen molar-refractivity contribution in [3.05, 3.63) is 76.9 Å². The highest BCUT2D eigenvalue weighted by atomic mass is 35.5.